The first-order valence-corrected chi connectivity index (χ1v) is 13.7. The van der Waals surface area contributed by atoms with Crippen molar-refractivity contribution in [3.8, 4) is 5.75 Å². The van der Waals surface area contributed by atoms with Crippen molar-refractivity contribution >= 4 is 11.8 Å². The molecule has 37 heavy (non-hydrogen) atoms. The maximum Gasteiger partial charge on any atom is 0.254 e. The summed E-state index contributed by atoms with van der Waals surface area (Å²) in [5.74, 6) is 0.491. The zero-order chi connectivity index (χ0) is 25.9. The SMILES string of the molecule is COc1cccc(C(=O)N2CC(N(Cc3ccccc3C)C3CC3)CC2C(=O)NC2CCC(N)CC2)c1. The molecule has 2 unspecified atom stereocenters. The number of ether oxygens (including phenoxy) is 1. The van der Waals surface area contributed by atoms with Crippen molar-refractivity contribution < 1.29 is 14.3 Å². The second kappa shape index (κ2) is 11.2. The highest BCUT2D eigenvalue weighted by atomic mass is 16.5. The number of amides is 2. The summed E-state index contributed by atoms with van der Waals surface area (Å²) in [6.07, 6.45) is 6.64. The van der Waals surface area contributed by atoms with E-state index >= 15 is 0 Å². The number of nitrogens with two attached hydrogens (primary N) is 1. The van der Waals surface area contributed by atoms with Crippen molar-refractivity contribution in [1.29, 1.82) is 0 Å². The molecule has 0 bridgehead atoms. The van der Waals surface area contributed by atoms with Gasteiger partial charge < -0.3 is 20.7 Å². The van der Waals surface area contributed by atoms with Crippen LogP contribution in [0.2, 0.25) is 0 Å². The maximum atomic E-state index is 13.8. The molecule has 5 rings (SSSR count). The van der Waals surface area contributed by atoms with Crippen LogP contribution in [-0.4, -0.2) is 65.5 Å². The molecule has 3 aliphatic rings. The Kier molecular flexibility index (Phi) is 7.81. The quantitative estimate of drug-likeness (QED) is 0.573. The van der Waals surface area contributed by atoms with Gasteiger partial charge in [0.1, 0.15) is 11.8 Å². The first kappa shape index (κ1) is 25.7. The number of nitrogens with one attached hydrogen (secondary N) is 1. The Bertz CT molecular complexity index is 1110. The molecule has 1 heterocycles. The molecule has 0 spiro atoms. The van der Waals surface area contributed by atoms with Gasteiger partial charge in [0.05, 0.1) is 7.11 Å². The van der Waals surface area contributed by atoms with Crippen LogP contribution in [-0.2, 0) is 11.3 Å². The van der Waals surface area contributed by atoms with E-state index in [9.17, 15) is 9.59 Å². The lowest BCUT2D eigenvalue weighted by molar-refractivity contribution is -0.125. The molecule has 0 radical (unpaired) electrons. The van der Waals surface area contributed by atoms with E-state index in [0.717, 1.165) is 32.2 Å². The lowest BCUT2D eigenvalue weighted by atomic mass is 9.91. The molecular weight excluding hydrogens is 464 g/mol. The van der Waals surface area contributed by atoms with Crippen LogP contribution in [0.5, 0.6) is 5.75 Å². The summed E-state index contributed by atoms with van der Waals surface area (Å²) in [6, 6.07) is 16.3. The van der Waals surface area contributed by atoms with Crippen LogP contribution in [0.25, 0.3) is 0 Å². The third kappa shape index (κ3) is 5.99. The molecule has 3 N–H and O–H groups in total. The number of nitrogens with zero attached hydrogens (tertiary/aromatic N) is 2. The number of rotatable bonds is 8. The van der Waals surface area contributed by atoms with Gasteiger partial charge in [-0.2, -0.15) is 0 Å². The molecule has 0 aromatic heterocycles. The lowest BCUT2D eigenvalue weighted by Crippen LogP contribution is -2.50. The molecule has 7 heteroatoms. The number of carbonyl (C=O) groups excluding carboxylic acids is 2. The minimum Gasteiger partial charge on any atom is -0.497 e. The van der Waals surface area contributed by atoms with E-state index in [0.29, 0.717) is 30.3 Å². The Morgan fingerprint density at radius 3 is 2.49 bits per heavy atom. The Morgan fingerprint density at radius 2 is 1.78 bits per heavy atom. The van der Waals surface area contributed by atoms with E-state index < -0.39 is 6.04 Å². The molecule has 7 nitrogen and oxygen atoms in total. The van der Waals surface area contributed by atoms with Crippen molar-refractivity contribution in [3.05, 3.63) is 65.2 Å². The monoisotopic (exact) mass is 504 g/mol. The average Bonchev–Trinajstić information content (AvgIpc) is 3.66. The first-order chi connectivity index (χ1) is 17.9. The fraction of sp³-hybridized carbons (Fsp3) is 0.533. The predicted octanol–water partition coefficient (Wildman–Crippen LogP) is 3.64. The standard InChI is InChI=1S/C30H40N4O3/c1-20-6-3-4-7-22(20)18-33(25-14-15-25)26-17-28(29(35)32-24-12-10-23(31)11-13-24)34(19-26)30(36)21-8-5-9-27(16-21)37-2/h3-9,16,23-26,28H,10-15,17-19,31H2,1-2H3,(H,32,35). The molecule has 2 saturated carbocycles. The second-order valence-corrected chi connectivity index (χ2v) is 11.0. The average molecular weight is 505 g/mol. The zero-order valence-corrected chi connectivity index (χ0v) is 22.1. The van der Waals surface area contributed by atoms with Crippen molar-refractivity contribution in [1.82, 2.24) is 15.1 Å². The highest BCUT2D eigenvalue weighted by Gasteiger charge is 2.45. The topological polar surface area (TPSA) is 87.9 Å². The molecule has 1 saturated heterocycles. The summed E-state index contributed by atoms with van der Waals surface area (Å²) in [4.78, 5) is 31.8. The number of hydrogen-bond acceptors (Lipinski definition) is 5. The Balaban J connectivity index is 1.38. The van der Waals surface area contributed by atoms with Crippen LogP contribution < -0.4 is 15.8 Å². The van der Waals surface area contributed by atoms with Gasteiger partial charge in [0.25, 0.3) is 5.91 Å². The number of benzene rings is 2. The Morgan fingerprint density at radius 1 is 1.03 bits per heavy atom. The highest BCUT2D eigenvalue weighted by Crippen LogP contribution is 2.36. The molecule has 2 atom stereocenters. The summed E-state index contributed by atoms with van der Waals surface area (Å²) in [7, 11) is 1.60. The fourth-order valence-corrected chi connectivity index (χ4v) is 5.96. The van der Waals surface area contributed by atoms with Gasteiger partial charge in [-0.3, -0.25) is 14.5 Å². The van der Waals surface area contributed by atoms with E-state index in [1.807, 2.05) is 18.2 Å². The second-order valence-electron chi connectivity index (χ2n) is 11.0. The van der Waals surface area contributed by atoms with E-state index in [-0.39, 0.29) is 29.9 Å². The van der Waals surface area contributed by atoms with E-state index in [1.165, 1.54) is 24.0 Å². The van der Waals surface area contributed by atoms with Crippen LogP contribution in [0.3, 0.4) is 0 Å². The van der Waals surface area contributed by atoms with Gasteiger partial charge >= 0.3 is 0 Å². The van der Waals surface area contributed by atoms with Gasteiger partial charge in [0.15, 0.2) is 0 Å². The van der Waals surface area contributed by atoms with Gasteiger partial charge in [-0.15, -0.1) is 0 Å². The molecular formula is C30H40N4O3. The van der Waals surface area contributed by atoms with Crippen molar-refractivity contribution in [2.45, 2.75) is 88.6 Å². The van der Waals surface area contributed by atoms with E-state index in [4.69, 9.17) is 10.5 Å². The summed E-state index contributed by atoms with van der Waals surface area (Å²) < 4.78 is 5.36. The predicted molar refractivity (Wildman–Crippen MR) is 144 cm³/mol. The van der Waals surface area contributed by atoms with Crippen LogP contribution in [0, 0.1) is 6.92 Å². The number of hydrogen-bond donors (Lipinski definition) is 2. The molecule has 2 aromatic carbocycles. The smallest absolute Gasteiger partial charge is 0.254 e. The van der Waals surface area contributed by atoms with Gasteiger partial charge in [-0.1, -0.05) is 30.3 Å². The molecule has 198 valence electrons. The minimum absolute atomic E-state index is 0.0362. The van der Waals surface area contributed by atoms with E-state index in [2.05, 4.69) is 41.4 Å². The number of carbonyl (C=O) groups is 2. The van der Waals surface area contributed by atoms with Crippen LogP contribution in [0.15, 0.2) is 48.5 Å². The van der Waals surface area contributed by atoms with Crippen molar-refractivity contribution in [2.75, 3.05) is 13.7 Å². The van der Waals surface area contributed by atoms with Gasteiger partial charge in [-0.25, -0.2) is 0 Å². The first-order valence-electron chi connectivity index (χ1n) is 13.7. The van der Waals surface area contributed by atoms with Crippen LogP contribution >= 0.6 is 0 Å². The van der Waals surface area contributed by atoms with Gasteiger partial charge in [-0.05, 0) is 81.2 Å². The highest BCUT2D eigenvalue weighted by molar-refractivity contribution is 5.98. The normalized spacial score (nSPS) is 25.8. The molecule has 1 aliphatic heterocycles. The van der Waals surface area contributed by atoms with Crippen molar-refractivity contribution in [3.63, 3.8) is 0 Å². The van der Waals surface area contributed by atoms with Crippen molar-refractivity contribution in [2.24, 2.45) is 5.73 Å². The molecule has 3 fully saturated rings. The summed E-state index contributed by atoms with van der Waals surface area (Å²) in [5.41, 5.74) is 9.22. The summed E-state index contributed by atoms with van der Waals surface area (Å²) >= 11 is 0. The third-order valence-corrected chi connectivity index (χ3v) is 8.38. The lowest BCUT2D eigenvalue weighted by Gasteiger charge is -2.30. The number of likely N-dealkylation sites (tertiary alicyclic amines) is 1. The molecule has 2 aliphatic carbocycles. The summed E-state index contributed by atoms with van der Waals surface area (Å²) in [6.45, 7) is 3.55. The van der Waals surface area contributed by atoms with Crippen LogP contribution in [0.1, 0.15) is 66.4 Å². The Hall–Kier alpha value is -2.90. The Labute approximate surface area is 220 Å². The minimum atomic E-state index is -0.488. The van der Waals surface area contributed by atoms with Gasteiger partial charge in [0, 0.05) is 42.8 Å². The largest absolute Gasteiger partial charge is 0.497 e. The van der Waals surface area contributed by atoms with Gasteiger partial charge in [0.2, 0.25) is 5.91 Å². The number of methoxy groups -OCH3 is 1. The third-order valence-electron chi connectivity index (χ3n) is 8.38. The molecule has 2 amide bonds. The fourth-order valence-electron chi connectivity index (χ4n) is 5.96. The number of aryl methyl sites for hydroxylation is 1. The van der Waals surface area contributed by atoms with E-state index in [1.54, 1.807) is 18.1 Å². The van der Waals surface area contributed by atoms with Crippen LogP contribution in [0.4, 0.5) is 0 Å². The summed E-state index contributed by atoms with van der Waals surface area (Å²) in [5, 5.41) is 3.27. The molecule has 2 aromatic rings. The zero-order valence-electron chi connectivity index (χ0n) is 22.1. The maximum absolute atomic E-state index is 13.8.